The van der Waals surface area contributed by atoms with Crippen molar-refractivity contribution in [3.63, 3.8) is 0 Å². The number of carbonyl (C=O) groups is 1. The fourth-order valence-corrected chi connectivity index (χ4v) is 3.66. The zero-order valence-corrected chi connectivity index (χ0v) is 17.3. The van der Waals surface area contributed by atoms with Crippen molar-refractivity contribution in [3.05, 3.63) is 12.2 Å². The molecule has 0 radical (unpaired) electrons. The van der Waals surface area contributed by atoms with Gasteiger partial charge in [0.05, 0.1) is 12.2 Å². The highest BCUT2D eigenvalue weighted by Crippen LogP contribution is 2.32. The molecule has 0 unspecified atom stereocenters. The molecule has 6 nitrogen and oxygen atoms in total. The molecule has 0 saturated carbocycles. The Kier molecular flexibility index (Phi) is 9.22. The molecular weight excluding hydrogens is 348 g/mol. The molecule has 0 aromatic heterocycles. The highest BCUT2D eigenvalue weighted by Gasteiger charge is 2.40. The second-order valence-electron chi connectivity index (χ2n) is 7.83. The van der Waals surface area contributed by atoms with Crippen LogP contribution in [0.1, 0.15) is 72.1 Å². The lowest BCUT2D eigenvalue weighted by molar-refractivity contribution is -0.167. The Morgan fingerprint density at radius 1 is 1.26 bits per heavy atom. The van der Waals surface area contributed by atoms with E-state index in [9.17, 15) is 4.79 Å². The molecule has 0 spiro atoms. The first-order chi connectivity index (χ1) is 12.9. The van der Waals surface area contributed by atoms with Crippen LogP contribution in [0.2, 0.25) is 0 Å². The molecule has 2 heterocycles. The second kappa shape index (κ2) is 11.1. The molecule has 1 saturated heterocycles. The molecule has 0 aliphatic carbocycles. The van der Waals surface area contributed by atoms with Gasteiger partial charge in [-0.3, -0.25) is 4.79 Å². The number of methoxy groups -OCH3 is 1. The highest BCUT2D eigenvalue weighted by molar-refractivity contribution is 5.69. The van der Waals surface area contributed by atoms with Crippen molar-refractivity contribution in [3.8, 4) is 0 Å². The van der Waals surface area contributed by atoms with Gasteiger partial charge in [0.25, 0.3) is 0 Å². The monoisotopic (exact) mass is 384 g/mol. The summed E-state index contributed by atoms with van der Waals surface area (Å²) in [5.74, 6) is -0.831. The van der Waals surface area contributed by atoms with E-state index in [0.29, 0.717) is 19.3 Å². The van der Waals surface area contributed by atoms with Crippen LogP contribution in [-0.2, 0) is 28.5 Å². The van der Waals surface area contributed by atoms with E-state index in [1.54, 1.807) is 7.11 Å². The largest absolute Gasteiger partial charge is 0.459 e. The number of hydrogen-bond acceptors (Lipinski definition) is 6. The third-order valence-corrected chi connectivity index (χ3v) is 4.99. The van der Waals surface area contributed by atoms with Gasteiger partial charge in [-0.2, -0.15) is 0 Å². The van der Waals surface area contributed by atoms with Gasteiger partial charge in [-0.05, 0) is 26.7 Å². The summed E-state index contributed by atoms with van der Waals surface area (Å²) < 4.78 is 28.6. The standard InChI is InChI=1S/C21H36O6/c1-5-6-7-8-10-16(24-15-23-4)17-11-9-12-18-19(13-14-20(22)25-17)27-21(2,3)26-18/h9,12,16-19H,5-8,10-11,13-15H2,1-4H3/b12-9+/t16-,17-,18+,19+/m1/s1. The molecule has 6 heteroatoms. The quantitative estimate of drug-likeness (QED) is 0.258. The summed E-state index contributed by atoms with van der Waals surface area (Å²) >= 11 is 0. The number of ether oxygens (including phenoxy) is 5. The predicted molar refractivity (Wildman–Crippen MR) is 102 cm³/mol. The van der Waals surface area contributed by atoms with Gasteiger partial charge in [0, 0.05) is 20.0 Å². The van der Waals surface area contributed by atoms with Crippen LogP contribution >= 0.6 is 0 Å². The van der Waals surface area contributed by atoms with E-state index in [0.717, 1.165) is 19.3 Å². The Hall–Kier alpha value is -0.950. The Morgan fingerprint density at radius 3 is 2.81 bits per heavy atom. The number of rotatable bonds is 9. The summed E-state index contributed by atoms with van der Waals surface area (Å²) in [5, 5.41) is 0. The molecule has 27 heavy (non-hydrogen) atoms. The molecule has 4 atom stereocenters. The Balaban J connectivity index is 2.02. The van der Waals surface area contributed by atoms with E-state index in [4.69, 9.17) is 23.7 Å². The average Bonchev–Trinajstić information content (AvgIpc) is 2.92. The van der Waals surface area contributed by atoms with Crippen molar-refractivity contribution >= 4 is 5.97 Å². The van der Waals surface area contributed by atoms with E-state index in [-0.39, 0.29) is 37.2 Å². The zero-order chi connectivity index (χ0) is 19.7. The summed E-state index contributed by atoms with van der Waals surface area (Å²) in [7, 11) is 1.60. The molecule has 0 aromatic rings. The second-order valence-corrected chi connectivity index (χ2v) is 7.83. The first-order valence-electron chi connectivity index (χ1n) is 10.3. The topological polar surface area (TPSA) is 63.2 Å². The van der Waals surface area contributed by atoms with Crippen LogP contribution < -0.4 is 0 Å². The molecule has 1 fully saturated rings. The number of esters is 1. The number of unbranched alkanes of at least 4 members (excludes halogenated alkanes) is 3. The summed E-state index contributed by atoms with van der Waals surface area (Å²) in [6.45, 7) is 6.20. The summed E-state index contributed by atoms with van der Waals surface area (Å²) in [6, 6.07) is 0. The lowest BCUT2D eigenvalue weighted by atomic mass is 10.0. The first-order valence-corrected chi connectivity index (χ1v) is 10.3. The van der Waals surface area contributed by atoms with Crippen LogP contribution in [0.3, 0.4) is 0 Å². The van der Waals surface area contributed by atoms with Gasteiger partial charge in [-0.1, -0.05) is 44.8 Å². The first kappa shape index (κ1) is 22.3. The minimum absolute atomic E-state index is 0.116. The van der Waals surface area contributed by atoms with Crippen molar-refractivity contribution in [2.75, 3.05) is 13.9 Å². The lowest BCUT2D eigenvalue weighted by Gasteiger charge is -2.27. The highest BCUT2D eigenvalue weighted by atomic mass is 16.7. The van der Waals surface area contributed by atoms with Gasteiger partial charge in [-0.25, -0.2) is 0 Å². The van der Waals surface area contributed by atoms with Crippen molar-refractivity contribution in [1.82, 2.24) is 0 Å². The number of cyclic esters (lactones) is 1. The van der Waals surface area contributed by atoms with Crippen LogP contribution in [-0.4, -0.2) is 50.1 Å². The fourth-order valence-electron chi connectivity index (χ4n) is 3.66. The van der Waals surface area contributed by atoms with E-state index >= 15 is 0 Å². The SMILES string of the molecule is CCCCCC[C@@H](OCOC)[C@H]1C/C=C/[C@@H]2OC(C)(C)O[C@H]2CCC(=O)O1. The van der Waals surface area contributed by atoms with Crippen LogP contribution in [0.25, 0.3) is 0 Å². The smallest absolute Gasteiger partial charge is 0.306 e. The number of carbonyl (C=O) groups excluding carboxylic acids is 1. The third-order valence-electron chi connectivity index (χ3n) is 4.99. The van der Waals surface area contributed by atoms with Gasteiger partial charge in [0.1, 0.15) is 19.0 Å². The van der Waals surface area contributed by atoms with Crippen LogP contribution in [0.15, 0.2) is 12.2 Å². The molecule has 2 aliphatic rings. The van der Waals surface area contributed by atoms with E-state index in [1.807, 2.05) is 26.0 Å². The van der Waals surface area contributed by atoms with Crippen LogP contribution in [0.4, 0.5) is 0 Å². The maximum atomic E-state index is 12.4. The predicted octanol–water partition coefficient (Wildman–Crippen LogP) is 4.12. The Bertz CT molecular complexity index is 475. The summed E-state index contributed by atoms with van der Waals surface area (Å²) in [5.41, 5.74) is 0. The number of fused-ring (bicyclic) bond motifs is 1. The van der Waals surface area contributed by atoms with Crippen LogP contribution in [0, 0.1) is 0 Å². The average molecular weight is 385 g/mol. The van der Waals surface area contributed by atoms with E-state index in [1.165, 1.54) is 12.8 Å². The molecule has 0 aromatic carbocycles. The molecule has 0 amide bonds. The van der Waals surface area contributed by atoms with Gasteiger partial charge in [0.2, 0.25) is 0 Å². The Morgan fingerprint density at radius 2 is 2.07 bits per heavy atom. The van der Waals surface area contributed by atoms with Crippen LogP contribution in [0.5, 0.6) is 0 Å². The van der Waals surface area contributed by atoms with Crippen molar-refractivity contribution < 1.29 is 28.5 Å². The fraction of sp³-hybridized carbons (Fsp3) is 0.857. The minimum atomic E-state index is -0.625. The molecule has 2 aliphatic heterocycles. The Labute approximate surface area is 163 Å². The van der Waals surface area contributed by atoms with Crippen molar-refractivity contribution in [2.45, 2.75) is 102 Å². The maximum Gasteiger partial charge on any atom is 0.306 e. The molecular formula is C21H36O6. The molecule has 2 rings (SSSR count). The van der Waals surface area contributed by atoms with Crippen molar-refractivity contribution in [1.29, 1.82) is 0 Å². The van der Waals surface area contributed by atoms with Gasteiger partial charge < -0.3 is 23.7 Å². The molecule has 156 valence electrons. The summed E-state index contributed by atoms with van der Waals surface area (Å²) in [6.07, 6.45) is 10.3. The van der Waals surface area contributed by atoms with E-state index < -0.39 is 5.79 Å². The molecule has 0 bridgehead atoms. The number of hydrogen-bond donors (Lipinski definition) is 0. The van der Waals surface area contributed by atoms with E-state index in [2.05, 4.69) is 6.92 Å². The minimum Gasteiger partial charge on any atom is -0.459 e. The normalized spacial score (nSPS) is 30.4. The summed E-state index contributed by atoms with van der Waals surface area (Å²) in [4.78, 5) is 12.4. The van der Waals surface area contributed by atoms with Crippen molar-refractivity contribution in [2.24, 2.45) is 0 Å². The lowest BCUT2D eigenvalue weighted by Crippen LogP contribution is -2.35. The maximum absolute atomic E-state index is 12.4. The van der Waals surface area contributed by atoms with Gasteiger partial charge >= 0.3 is 5.97 Å². The zero-order valence-electron chi connectivity index (χ0n) is 17.3. The van der Waals surface area contributed by atoms with Gasteiger partial charge in [0.15, 0.2) is 5.79 Å². The molecule has 0 N–H and O–H groups in total. The third kappa shape index (κ3) is 7.53. The van der Waals surface area contributed by atoms with Gasteiger partial charge in [-0.15, -0.1) is 0 Å².